The molecule has 0 spiro atoms. The van der Waals surface area contributed by atoms with Crippen LogP contribution in [0.4, 0.5) is 0 Å². The summed E-state index contributed by atoms with van der Waals surface area (Å²) in [5, 5.41) is 0. The van der Waals surface area contributed by atoms with Crippen LogP contribution >= 0.6 is 0 Å². The summed E-state index contributed by atoms with van der Waals surface area (Å²) in [6.07, 6.45) is 8.63. The summed E-state index contributed by atoms with van der Waals surface area (Å²) in [6, 6.07) is 0. The molecule has 0 N–H and O–H groups in total. The minimum atomic E-state index is -0.420. The zero-order valence-corrected chi connectivity index (χ0v) is 12.1. The molecule has 0 heterocycles. The Morgan fingerprint density at radius 3 is 2.24 bits per heavy atom. The second kappa shape index (κ2) is 8.32. The Bertz CT molecular complexity index is 246. The van der Waals surface area contributed by atoms with Gasteiger partial charge in [-0.1, -0.05) is 33.1 Å². The van der Waals surface area contributed by atoms with E-state index < -0.39 is 5.41 Å². The summed E-state index contributed by atoms with van der Waals surface area (Å²) in [5.74, 6) is 0.719. The van der Waals surface area contributed by atoms with E-state index in [4.69, 9.17) is 4.74 Å². The maximum Gasteiger partial charge on any atom is 0.316 e. The Balaban J connectivity index is 4.17. The summed E-state index contributed by atoms with van der Waals surface area (Å²) >= 11 is 0. The Kier molecular flexibility index (Phi) is 7.94. The lowest BCUT2D eigenvalue weighted by molar-refractivity contribution is -0.148. The van der Waals surface area contributed by atoms with Gasteiger partial charge in [0, 0.05) is 6.42 Å². The monoisotopic (exact) mass is 240 g/mol. The Morgan fingerprint density at radius 1 is 1.12 bits per heavy atom. The van der Waals surface area contributed by atoms with Gasteiger partial charge in [0.15, 0.2) is 0 Å². The number of carbonyl (C=O) groups excluding carboxylic acids is 1. The summed E-state index contributed by atoms with van der Waals surface area (Å²) in [4.78, 5) is 11.8. The molecule has 0 fully saturated rings. The quantitative estimate of drug-likeness (QED) is 0.361. The van der Waals surface area contributed by atoms with Gasteiger partial charge in [0.25, 0.3) is 0 Å². The van der Waals surface area contributed by atoms with Crippen LogP contribution in [-0.4, -0.2) is 5.97 Å². The van der Waals surface area contributed by atoms with Crippen LogP contribution in [0.25, 0.3) is 0 Å². The van der Waals surface area contributed by atoms with Gasteiger partial charge in [0.1, 0.15) is 5.76 Å². The standard InChI is InChI=1S/C15H28O2/c1-6-8-9-10-12-13(11-7-2)17-14(16)15(3,4)5/h11H,6-10,12H2,1-5H3/b13-11-. The molecule has 0 saturated heterocycles. The van der Waals surface area contributed by atoms with Gasteiger partial charge in [-0.3, -0.25) is 4.79 Å². The smallest absolute Gasteiger partial charge is 0.316 e. The molecule has 2 nitrogen and oxygen atoms in total. The predicted molar refractivity (Wildman–Crippen MR) is 72.7 cm³/mol. The van der Waals surface area contributed by atoms with Gasteiger partial charge in [-0.05, 0) is 39.7 Å². The van der Waals surface area contributed by atoms with Crippen molar-refractivity contribution in [2.24, 2.45) is 5.41 Å². The van der Waals surface area contributed by atoms with Gasteiger partial charge < -0.3 is 4.74 Å². The molecule has 0 aromatic heterocycles. The number of ether oxygens (including phenoxy) is 1. The summed E-state index contributed by atoms with van der Waals surface area (Å²) in [5.41, 5.74) is -0.420. The maximum atomic E-state index is 11.8. The van der Waals surface area contributed by atoms with Gasteiger partial charge in [0.2, 0.25) is 0 Å². The van der Waals surface area contributed by atoms with E-state index in [1.165, 1.54) is 19.3 Å². The van der Waals surface area contributed by atoms with Crippen molar-refractivity contribution in [3.8, 4) is 0 Å². The van der Waals surface area contributed by atoms with Crippen molar-refractivity contribution in [3.05, 3.63) is 11.8 Å². The number of hydrogen-bond donors (Lipinski definition) is 0. The van der Waals surface area contributed by atoms with E-state index in [0.717, 1.165) is 25.0 Å². The lowest BCUT2D eigenvalue weighted by Gasteiger charge is -2.18. The molecule has 0 unspecified atom stereocenters. The molecule has 0 aromatic rings. The van der Waals surface area contributed by atoms with E-state index in [1.54, 1.807) is 0 Å². The van der Waals surface area contributed by atoms with Crippen molar-refractivity contribution in [1.82, 2.24) is 0 Å². The SMILES string of the molecule is CC/C=C(/CCCCCC)OC(=O)C(C)(C)C. The van der Waals surface area contributed by atoms with Crippen molar-refractivity contribution in [2.45, 2.75) is 73.1 Å². The van der Waals surface area contributed by atoms with E-state index in [1.807, 2.05) is 26.8 Å². The second-order valence-electron chi connectivity index (χ2n) is 5.53. The molecule has 0 amide bonds. The van der Waals surface area contributed by atoms with E-state index in [0.29, 0.717) is 0 Å². The van der Waals surface area contributed by atoms with Gasteiger partial charge in [-0.15, -0.1) is 0 Å². The first kappa shape index (κ1) is 16.2. The highest BCUT2D eigenvalue weighted by atomic mass is 16.5. The van der Waals surface area contributed by atoms with Gasteiger partial charge in [-0.25, -0.2) is 0 Å². The molecule has 0 aliphatic carbocycles. The summed E-state index contributed by atoms with van der Waals surface area (Å²) in [6.45, 7) is 9.92. The van der Waals surface area contributed by atoms with E-state index in [9.17, 15) is 4.79 Å². The van der Waals surface area contributed by atoms with Crippen molar-refractivity contribution in [1.29, 1.82) is 0 Å². The first-order valence-corrected chi connectivity index (χ1v) is 6.83. The van der Waals surface area contributed by atoms with Crippen LogP contribution in [0.15, 0.2) is 11.8 Å². The Labute approximate surface area is 106 Å². The van der Waals surface area contributed by atoms with Crippen LogP contribution in [0.1, 0.15) is 73.1 Å². The first-order chi connectivity index (χ1) is 7.91. The second-order valence-corrected chi connectivity index (χ2v) is 5.53. The molecular weight excluding hydrogens is 212 g/mol. The molecule has 17 heavy (non-hydrogen) atoms. The maximum absolute atomic E-state index is 11.8. The largest absolute Gasteiger partial charge is 0.431 e. The lowest BCUT2D eigenvalue weighted by Crippen LogP contribution is -2.22. The highest BCUT2D eigenvalue weighted by Gasteiger charge is 2.24. The lowest BCUT2D eigenvalue weighted by atomic mass is 9.97. The van der Waals surface area contributed by atoms with E-state index >= 15 is 0 Å². The summed E-state index contributed by atoms with van der Waals surface area (Å²) in [7, 11) is 0. The average molecular weight is 240 g/mol. The minimum absolute atomic E-state index is 0.132. The summed E-state index contributed by atoms with van der Waals surface area (Å²) < 4.78 is 5.46. The van der Waals surface area contributed by atoms with Crippen LogP contribution in [0.5, 0.6) is 0 Å². The third kappa shape index (κ3) is 8.00. The molecule has 0 aliphatic rings. The average Bonchev–Trinajstić information content (AvgIpc) is 2.23. The molecule has 0 radical (unpaired) electrons. The number of hydrogen-bond acceptors (Lipinski definition) is 2. The minimum Gasteiger partial charge on any atom is -0.431 e. The van der Waals surface area contributed by atoms with E-state index in [2.05, 4.69) is 13.8 Å². The number of allylic oxidation sites excluding steroid dienone is 2. The zero-order chi connectivity index (χ0) is 13.3. The molecule has 0 aromatic carbocycles. The molecule has 0 rings (SSSR count). The topological polar surface area (TPSA) is 26.3 Å². The molecule has 0 aliphatic heterocycles. The Hall–Kier alpha value is -0.790. The van der Waals surface area contributed by atoms with Gasteiger partial charge in [0.05, 0.1) is 5.41 Å². The fourth-order valence-electron chi connectivity index (χ4n) is 1.42. The number of rotatable bonds is 7. The van der Waals surface area contributed by atoms with Crippen molar-refractivity contribution < 1.29 is 9.53 Å². The van der Waals surface area contributed by atoms with E-state index in [-0.39, 0.29) is 5.97 Å². The Morgan fingerprint density at radius 2 is 1.76 bits per heavy atom. The first-order valence-electron chi connectivity index (χ1n) is 6.83. The van der Waals surface area contributed by atoms with Crippen molar-refractivity contribution >= 4 is 5.97 Å². The van der Waals surface area contributed by atoms with Crippen LogP contribution in [0.2, 0.25) is 0 Å². The van der Waals surface area contributed by atoms with Crippen molar-refractivity contribution in [2.75, 3.05) is 0 Å². The highest BCUT2D eigenvalue weighted by Crippen LogP contribution is 2.20. The van der Waals surface area contributed by atoms with Gasteiger partial charge >= 0.3 is 5.97 Å². The third-order valence-corrected chi connectivity index (χ3v) is 2.54. The zero-order valence-electron chi connectivity index (χ0n) is 12.1. The van der Waals surface area contributed by atoms with Gasteiger partial charge in [-0.2, -0.15) is 0 Å². The fourth-order valence-corrected chi connectivity index (χ4v) is 1.42. The fraction of sp³-hybridized carbons (Fsp3) is 0.800. The van der Waals surface area contributed by atoms with Crippen LogP contribution in [-0.2, 0) is 9.53 Å². The number of unbranched alkanes of at least 4 members (excludes halogenated alkanes) is 3. The molecule has 100 valence electrons. The molecule has 2 heteroatoms. The molecule has 0 atom stereocenters. The van der Waals surface area contributed by atoms with Crippen LogP contribution in [0.3, 0.4) is 0 Å². The predicted octanol–water partition coefficient (Wildman–Crippen LogP) is 4.84. The van der Waals surface area contributed by atoms with Crippen LogP contribution in [0, 0.1) is 5.41 Å². The highest BCUT2D eigenvalue weighted by molar-refractivity contribution is 5.76. The van der Waals surface area contributed by atoms with Crippen molar-refractivity contribution in [3.63, 3.8) is 0 Å². The van der Waals surface area contributed by atoms with Crippen LogP contribution < -0.4 is 0 Å². The number of carbonyl (C=O) groups is 1. The third-order valence-electron chi connectivity index (χ3n) is 2.54. The number of esters is 1. The normalized spacial score (nSPS) is 12.6. The molecule has 0 saturated carbocycles. The molecule has 0 bridgehead atoms. The molecular formula is C15H28O2.